The highest BCUT2D eigenvalue weighted by molar-refractivity contribution is 5.53. The molecular formula is C19H26N2O4. The van der Waals surface area contributed by atoms with Crippen LogP contribution in [0.1, 0.15) is 42.8 Å². The number of nitrogens with zero attached hydrogens (tertiary/aromatic N) is 2. The van der Waals surface area contributed by atoms with Crippen molar-refractivity contribution in [2.45, 2.75) is 38.8 Å². The fourth-order valence-corrected chi connectivity index (χ4v) is 3.45. The maximum Gasteiger partial charge on any atom is 0.203 e. The number of rotatable bonds is 7. The highest BCUT2D eigenvalue weighted by atomic mass is 16.5. The van der Waals surface area contributed by atoms with Crippen LogP contribution in [0.3, 0.4) is 0 Å². The molecule has 0 radical (unpaired) electrons. The summed E-state index contributed by atoms with van der Waals surface area (Å²) in [5.41, 5.74) is 2.13. The van der Waals surface area contributed by atoms with E-state index in [1.54, 1.807) is 21.3 Å². The van der Waals surface area contributed by atoms with Crippen molar-refractivity contribution in [3.8, 4) is 17.2 Å². The second-order valence-electron chi connectivity index (χ2n) is 6.24. The predicted molar refractivity (Wildman–Crippen MR) is 94.4 cm³/mol. The fraction of sp³-hybridized carbons (Fsp3) is 0.526. The van der Waals surface area contributed by atoms with E-state index in [9.17, 15) is 0 Å². The van der Waals surface area contributed by atoms with Crippen molar-refractivity contribution in [2.24, 2.45) is 0 Å². The van der Waals surface area contributed by atoms with Crippen molar-refractivity contribution in [2.75, 3.05) is 27.9 Å². The molecule has 1 aromatic carbocycles. The van der Waals surface area contributed by atoms with E-state index in [2.05, 4.69) is 23.0 Å². The zero-order valence-electron chi connectivity index (χ0n) is 15.4. The van der Waals surface area contributed by atoms with Gasteiger partial charge in [-0.2, -0.15) is 0 Å². The highest BCUT2D eigenvalue weighted by Gasteiger charge is 2.29. The Labute approximate surface area is 148 Å². The Balaban J connectivity index is 1.83. The average Bonchev–Trinajstić information content (AvgIpc) is 3.29. The molecule has 0 unspecified atom stereocenters. The molecule has 6 nitrogen and oxygen atoms in total. The van der Waals surface area contributed by atoms with Gasteiger partial charge in [0.2, 0.25) is 5.75 Å². The fourth-order valence-electron chi connectivity index (χ4n) is 3.45. The molecule has 2 aromatic rings. The summed E-state index contributed by atoms with van der Waals surface area (Å²) in [5.74, 6) is 2.94. The topological polar surface area (TPSA) is 57.0 Å². The van der Waals surface area contributed by atoms with Crippen molar-refractivity contribution >= 4 is 0 Å². The van der Waals surface area contributed by atoms with Gasteiger partial charge in [-0.1, -0.05) is 12.1 Å². The number of methoxy groups -OCH3 is 3. The van der Waals surface area contributed by atoms with Gasteiger partial charge in [-0.25, -0.2) is 0 Å². The number of likely N-dealkylation sites (tertiary alicyclic amines) is 1. The van der Waals surface area contributed by atoms with Crippen LogP contribution in [0, 0.1) is 0 Å². The van der Waals surface area contributed by atoms with Crippen LogP contribution in [-0.4, -0.2) is 37.9 Å². The van der Waals surface area contributed by atoms with Gasteiger partial charge in [-0.05, 0) is 43.5 Å². The van der Waals surface area contributed by atoms with Crippen LogP contribution in [0.15, 0.2) is 22.7 Å². The Kier molecular flexibility index (Phi) is 5.48. The van der Waals surface area contributed by atoms with Crippen molar-refractivity contribution in [3.05, 3.63) is 35.2 Å². The van der Waals surface area contributed by atoms with Gasteiger partial charge in [0.05, 0.1) is 33.1 Å². The van der Waals surface area contributed by atoms with Gasteiger partial charge < -0.3 is 18.7 Å². The summed E-state index contributed by atoms with van der Waals surface area (Å²) >= 11 is 0. The lowest BCUT2D eigenvalue weighted by Crippen LogP contribution is -2.22. The van der Waals surface area contributed by atoms with E-state index < -0.39 is 0 Å². The molecule has 1 atom stereocenters. The number of hydrogen-bond donors (Lipinski definition) is 0. The summed E-state index contributed by atoms with van der Waals surface area (Å²) in [6.45, 7) is 3.91. The first-order valence-corrected chi connectivity index (χ1v) is 8.68. The van der Waals surface area contributed by atoms with E-state index in [0.29, 0.717) is 17.2 Å². The third-order valence-electron chi connectivity index (χ3n) is 4.74. The zero-order valence-corrected chi connectivity index (χ0v) is 15.4. The second-order valence-corrected chi connectivity index (χ2v) is 6.24. The number of hydrogen-bond acceptors (Lipinski definition) is 6. The minimum Gasteiger partial charge on any atom is -0.493 e. The molecule has 0 spiro atoms. The van der Waals surface area contributed by atoms with E-state index in [4.69, 9.17) is 18.7 Å². The number of aromatic nitrogens is 1. The standard InChI is InChI=1S/C19H26N2O4/c1-5-14-11-16(25-20-14)15-7-6-8-21(15)12-13-9-17(22-2)19(24-4)18(10-13)23-3/h9-11,15H,5-8,12H2,1-4H3/t15-/m1/s1. The van der Waals surface area contributed by atoms with Gasteiger partial charge in [-0.15, -0.1) is 0 Å². The largest absolute Gasteiger partial charge is 0.493 e. The van der Waals surface area contributed by atoms with E-state index in [-0.39, 0.29) is 6.04 Å². The maximum absolute atomic E-state index is 5.57. The smallest absolute Gasteiger partial charge is 0.203 e. The lowest BCUT2D eigenvalue weighted by molar-refractivity contribution is 0.206. The van der Waals surface area contributed by atoms with E-state index >= 15 is 0 Å². The summed E-state index contributed by atoms with van der Waals surface area (Å²) in [5, 5.41) is 4.14. The number of aryl methyl sites for hydroxylation is 1. The molecule has 3 rings (SSSR count). The Hall–Kier alpha value is -2.21. The lowest BCUT2D eigenvalue weighted by atomic mass is 10.1. The van der Waals surface area contributed by atoms with Gasteiger partial charge in [0.25, 0.3) is 0 Å². The number of ether oxygens (including phenoxy) is 3. The molecule has 0 N–H and O–H groups in total. The minimum absolute atomic E-state index is 0.270. The van der Waals surface area contributed by atoms with E-state index in [0.717, 1.165) is 49.4 Å². The third-order valence-corrected chi connectivity index (χ3v) is 4.74. The Morgan fingerprint density at radius 2 is 1.84 bits per heavy atom. The van der Waals surface area contributed by atoms with E-state index in [1.807, 2.05) is 12.1 Å². The molecular weight excluding hydrogens is 320 g/mol. The van der Waals surface area contributed by atoms with Crippen molar-refractivity contribution in [3.63, 3.8) is 0 Å². The van der Waals surface area contributed by atoms with Gasteiger partial charge in [-0.3, -0.25) is 4.90 Å². The van der Waals surface area contributed by atoms with Crippen molar-refractivity contribution < 1.29 is 18.7 Å². The molecule has 6 heteroatoms. The van der Waals surface area contributed by atoms with Crippen LogP contribution in [0.2, 0.25) is 0 Å². The predicted octanol–water partition coefficient (Wildman–Crippen LogP) is 3.60. The molecule has 1 saturated heterocycles. The Morgan fingerprint density at radius 1 is 1.12 bits per heavy atom. The first-order valence-electron chi connectivity index (χ1n) is 8.68. The molecule has 25 heavy (non-hydrogen) atoms. The molecule has 0 amide bonds. The summed E-state index contributed by atoms with van der Waals surface area (Å²) in [6, 6.07) is 6.37. The van der Waals surface area contributed by atoms with Crippen LogP contribution in [0.25, 0.3) is 0 Å². The Morgan fingerprint density at radius 3 is 2.40 bits per heavy atom. The lowest BCUT2D eigenvalue weighted by Gasteiger charge is -2.23. The summed E-state index contributed by atoms with van der Waals surface area (Å²) in [4.78, 5) is 2.42. The molecule has 2 heterocycles. The first kappa shape index (κ1) is 17.6. The third kappa shape index (κ3) is 3.58. The molecule has 1 aromatic heterocycles. The highest BCUT2D eigenvalue weighted by Crippen LogP contribution is 2.40. The van der Waals surface area contributed by atoms with Gasteiger partial charge >= 0.3 is 0 Å². The van der Waals surface area contributed by atoms with Crippen LogP contribution in [0.5, 0.6) is 17.2 Å². The van der Waals surface area contributed by atoms with Gasteiger partial charge in [0.1, 0.15) is 0 Å². The van der Waals surface area contributed by atoms with E-state index in [1.165, 1.54) is 0 Å². The average molecular weight is 346 g/mol. The van der Waals surface area contributed by atoms with Gasteiger partial charge in [0, 0.05) is 12.6 Å². The quantitative estimate of drug-likeness (QED) is 0.763. The summed E-state index contributed by atoms with van der Waals surface area (Å²) < 4.78 is 21.9. The normalized spacial score (nSPS) is 17.7. The SMILES string of the molecule is CCc1cc([C@H]2CCCN2Cc2cc(OC)c(OC)c(OC)c2)on1. The molecule has 1 aliphatic rings. The molecule has 0 bridgehead atoms. The Bertz CT molecular complexity index is 688. The molecule has 0 aliphatic carbocycles. The maximum atomic E-state index is 5.57. The van der Waals surface area contributed by atoms with Crippen LogP contribution >= 0.6 is 0 Å². The van der Waals surface area contributed by atoms with Crippen molar-refractivity contribution in [1.29, 1.82) is 0 Å². The van der Waals surface area contributed by atoms with Crippen LogP contribution in [-0.2, 0) is 13.0 Å². The van der Waals surface area contributed by atoms with Crippen LogP contribution < -0.4 is 14.2 Å². The summed E-state index contributed by atoms with van der Waals surface area (Å²) in [7, 11) is 4.90. The second kappa shape index (κ2) is 7.78. The van der Waals surface area contributed by atoms with Crippen LogP contribution in [0.4, 0.5) is 0 Å². The summed E-state index contributed by atoms with van der Waals surface area (Å²) in [6.07, 6.45) is 3.13. The van der Waals surface area contributed by atoms with Crippen molar-refractivity contribution in [1.82, 2.24) is 10.1 Å². The zero-order chi connectivity index (χ0) is 17.8. The number of benzene rings is 1. The molecule has 0 saturated carbocycles. The molecule has 136 valence electrons. The minimum atomic E-state index is 0.270. The molecule has 1 fully saturated rings. The monoisotopic (exact) mass is 346 g/mol. The van der Waals surface area contributed by atoms with Gasteiger partial charge in [0.15, 0.2) is 17.3 Å². The first-order chi connectivity index (χ1) is 12.2. The molecule has 1 aliphatic heterocycles.